The number of hydrogen-bond donors (Lipinski definition) is 1. The van der Waals surface area contributed by atoms with Crippen molar-refractivity contribution in [3.05, 3.63) is 35.4 Å². The van der Waals surface area contributed by atoms with Crippen molar-refractivity contribution >= 4 is 27.2 Å². The predicted octanol–water partition coefficient (Wildman–Crippen LogP) is 1.57. The molecule has 0 atom stereocenters. The first kappa shape index (κ1) is 17.4. The van der Waals surface area contributed by atoms with Crippen molar-refractivity contribution < 1.29 is 17.2 Å². The number of hydrogen-bond acceptors (Lipinski definition) is 4. The molecule has 0 fully saturated rings. The zero-order valence-corrected chi connectivity index (χ0v) is 12.5. The van der Waals surface area contributed by atoms with Crippen LogP contribution in [0, 0.1) is 11.3 Å². The van der Waals surface area contributed by atoms with Gasteiger partial charge in [0.15, 0.2) is 0 Å². The molecule has 1 rings (SSSR count). The molecule has 9 heteroatoms. The van der Waals surface area contributed by atoms with Gasteiger partial charge in [0, 0.05) is 5.56 Å². The molecule has 114 valence electrons. The van der Waals surface area contributed by atoms with Gasteiger partial charge in [-0.15, -0.1) is 0 Å². The second-order valence-corrected chi connectivity index (χ2v) is 6.69. The highest BCUT2D eigenvalue weighted by molar-refractivity contribution is 7.88. The lowest BCUT2D eigenvalue weighted by atomic mass is 10.1. The molecule has 5 nitrogen and oxygen atoms in total. The van der Waals surface area contributed by atoms with Gasteiger partial charge in [-0.3, -0.25) is 0 Å². The van der Waals surface area contributed by atoms with Crippen LogP contribution < -0.4 is 5.73 Å². The van der Waals surface area contributed by atoms with Crippen molar-refractivity contribution in [3.63, 3.8) is 0 Å². The number of thiocarbonyl (C=S) groups is 1. The van der Waals surface area contributed by atoms with Crippen LogP contribution in [-0.4, -0.2) is 30.8 Å². The van der Waals surface area contributed by atoms with Gasteiger partial charge in [0.1, 0.15) is 6.54 Å². The molecule has 0 saturated heterocycles. The van der Waals surface area contributed by atoms with E-state index in [-0.39, 0.29) is 22.7 Å². The molecule has 0 bridgehead atoms. The van der Waals surface area contributed by atoms with Crippen LogP contribution in [0.1, 0.15) is 17.6 Å². The summed E-state index contributed by atoms with van der Waals surface area (Å²) in [6.45, 7) is -0.673. The quantitative estimate of drug-likeness (QED) is 0.604. The van der Waals surface area contributed by atoms with Crippen LogP contribution in [0.4, 0.5) is 8.78 Å². The van der Waals surface area contributed by atoms with Gasteiger partial charge in [0.05, 0.1) is 23.4 Å². The minimum Gasteiger partial charge on any atom is -0.392 e. The Labute approximate surface area is 127 Å². The fraction of sp³-hybridized carbons (Fsp3) is 0.333. The van der Waals surface area contributed by atoms with Gasteiger partial charge in [0.25, 0.3) is 6.43 Å². The highest BCUT2D eigenvalue weighted by atomic mass is 32.2. The van der Waals surface area contributed by atoms with Gasteiger partial charge < -0.3 is 5.73 Å². The summed E-state index contributed by atoms with van der Waals surface area (Å²) in [6.07, 6.45) is -2.68. The second-order valence-electron chi connectivity index (χ2n) is 4.19. The summed E-state index contributed by atoms with van der Waals surface area (Å²) in [4.78, 5) is -0.0739. The Balaban J connectivity index is 3.00. The van der Waals surface area contributed by atoms with E-state index in [4.69, 9.17) is 11.0 Å². The summed E-state index contributed by atoms with van der Waals surface area (Å²) in [7, 11) is -3.88. The summed E-state index contributed by atoms with van der Waals surface area (Å²) < 4.78 is 50.4. The van der Waals surface area contributed by atoms with Crippen molar-refractivity contribution in [2.45, 2.75) is 12.2 Å². The molecule has 0 aromatic heterocycles. The Bertz CT molecular complexity index is 657. The number of sulfonamides is 1. The highest BCUT2D eigenvalue weighted by Crippen LogP contribution is 2.21. The van der Waals surface area contributed by atoms with Gasteiger partial charge in [-0.25, -0.2) is 17.2 Å². The van der Waals surface area contributed by atoms with Crippen LogP contribution in [-0.2, 0) is 15.8 Å². The SMILES string of the molecule is N#CCN(CC(N)=S)S(=O)(=O)Cc1cccc(C(F)F)c1. The van der Waals surface area contributed by atoms with E-state index in [9.17, 15) is 17.2 Å². The van der Waals surface area contributed by atoms with Crippen molar-refractivity contribution in [3.8, 4) is 6.07 Å². The van der Waals surface area contributed by atoms with Crippen LogP contribution in [0.2, 0.25) is 0 Å². The molecule has 0 spiro atoms. The molecule has 0 radical (unpaired) electrons. The highest BCUT2D eigenvalue weighted by Gasteiger charge is 2.23. The Kier molecular flexibility index (Phi) is 6.14. The lowest BCUT2D eigenvalue weighted by Gasteiger charge is -2.18. The molecule has 0 heterocycles. The maximum absolute atomic E-state index is 12.6. The van der Waals surface area contributed by atoms with Crippen molar-refractivity contribution in [1.82, 2.24) is 4.31 Å². The van der Waals surface area contributed by atoms with E-state index in [1.165, 1.54) is 18.2 Å². The maximum Gasteiger partial charge on any atom is 0.263 e. The molecule has 0 aliphatic heterocycles. The van der Waals surface area contributed by atoms with E-state index in [2.05, 4.69) is 12.2 Å². The van der Waals surface area contributed by atoms with E-state index < -0.39 is 28.7 Å². The van der Waals surface area contributed by atoms with Gasteiger partial charge in [-0.1, -0.05) is 30.4 Å². The Morgan fingerprint density at radius 1 is 1.48 bits per heavy atom. The van der Waals surface area contributed by atoms with Gasteiger partial charge in [-0.2, -0.15) is 9.57 Å². The molecule has 1 aromatic carbocycles. The zero-order chi connectivity index (χ0) is 16.0. The molecule has 0 amide bonds. The molecule has 0 unspecified atom stereocenters. The molecule has 21 heavy (non-hydrogen) atoms. The fourth-order valence-corrected chi connectivity index (χ4v) is 3.24. The van der Waals surface area contributed by atoms with Crippen LogP contribution in [0.15, 0.2) is 24.3 Å². The number of nitrogens with zero attached hydrogens (tertiary/aromatic N) is 2. The molecule has 0 aliphatic rings. The van der Waals surface area contributed by atoms with Gasteiger partial charge >= 0.3 is 0 Å². The van der Waals surface area contributed by atoms with Crippen LogP contribution in [0.25, 0.3) is 0 Å². The van der Waals surface area contributed by atoms with Gasteiger partial charge in [-0.05, 0) is 11.6 Å². The zero-order valence-electron chi connectivity index (χ0n) is 10.9. The summed E-state index contributed by atoms with van der Waals surface area (Å²) in [5, 5.41) is 8.66. The number of halogens is 2. The summed E-state index contributed by atoms with van der Waals surface area (Å²) >= 11 is 4.64. The maximum atomic E-state index is 12.6. The van der Waals surface area contributed by atoms with E-state index in [0.717, 1.165) is 10.4 Å². The molecule has 2 N–H and O–H groups in total. The molecular weight excluding hydrogens is 320 g/mol. The molecule has 0 saturated carbocycles. The topological polar surface area (TPSA) is 87.2 Å². The standard InChI is InChI=1S/C12H13F2N3O2S2/c13-12(14)10-3-1-2-9(6-10)8-21(18,19)17(5-4-15)7-11(16)20/h1-3,6,12H,5,7-8H2,(H2,16,20). The van der Waals surface area contributed by atoms with E-state index >= 15 is 0 Å². The third kappa shape index (κ3) is 5.34. The van der Waals surface area contributed by atoms with E-state index in [0.29, 0.717) is 0 Å². The monoisotopic (exact) mass is 333 g/mol. The molecular formula is C12H13F2N3O2S2. The third-order valence-corrected chi connectivity index (χ3v) is 4.40. The summed E-state index contributed by atoms with van der Waals surface area (Å²) in [5.74, 6) is -0.502. The smallest absolute Gasteiger partial charge is 0.263 e. The first-order chi connectivity index (χ1) is 9.76. The number of benzene rings is 1. The Morgan fingerprint density at radius 3 is 2.67 bits per heavy atom. The predicted molar refractivity (Wildman–Crippen MR) is 78.0 cm³/mol. The van der Waals surface area contributed by atoms with Crippen molar-refractivity contribution in [2.24, 2.45) is 5.73 Å². The van der Waals surface area contributed by atoms with Crippen LogP contribution in [0.3, 0.4) is 0 Å². The van der Waals surface area contributed by atoms with E-state index in [1.54, 1.807) is 6.07 Å². The molecule has 1 aromatic rings. The first-order valence-electron chi connectivity index (χ1n) is 5.76. The minimum atomic E-state index is -3.88. The minimum absolute atomic E-state index is 0.0739. The van der Waals surface area contributed by atoms with Crippen molar-refractivity contribution in [2.75, 3.05) is 13.1 Å². The van der Waals surface area contributed by atoms with Crippen molar-refractivity contribution in [1.29, 1.82) is 5.26 Å². The second kappa shape index (κ2) is 7.40. The fourth-order valence-electron chi connectivity index (χ4n) is 1.63. The number of nitrogens with two attached hydrogens (primary N) is 1. The third-order valence-electron chi connectivity index (χ3n) is 2.52. The summed E-state index contributed by atoms with van der Waals surface area (Å²) in [5.41, 5.74) is 5.24. The first-order valence-corrected chi connectivity index (χ1v) is 7.78. The lowest BCUT2D eigenvalue weighted by molar-refractivity contribution is 0.151. The average Bonchev–Trinajstić information content (AvgIpc) is 2.37. The largest absolute Gasteiger partial charge is 0.392 e. The molecule has 0 aliphatic carbocycles. The van der Waals surface area contributed by atoms with E-state index in [1.807, 2.05) is 0 Å². The average molecular weight is 333 g/mol. The number of nitriles is 1. The van der Waals surface area contributed by atoms with Crippen LogP contribution in [0.5, 0.6) is 0 Å². The van der Waals surface area contributed by atoms with Gasteiger partial charge in [0.2, 0.25) is 10.0 Å². The normalized spacial score (nSPS) is 11.6. The Morgan fingerprint density at radius 2 is 2.14 bits per heavy atom. The Hall–Kier alpha value is -1.63. The number of alkyl halides is 2. The lowest BCUT2D eigenvalue weighted by Crippen LogP contribution is -2.38. The summed E-state index contributed by atoms with van der Waals surface area (Å²) in [6, 6.07) is 6.82. The number of rotatable bonds is 7. The van der Waals surface area contributed by atoms with Crippen LogP contribution >= 0.6 is 12.2 Å².